The number of ether oxygens (including phenoxy) is 3. The van der Waals surface area contributed by atoms with Crippen LogP contribution >= 0.6 is 0 Å². The van der Waals surface area contributed by atoms with Crippen LogP contribution in [0.5, 0.6) is 17.2 Å². The largest absolute Gasteiger partial charge is 0.493 e. The standard InChI is InChI=1S/C27H31N3O6S/c1-19(2)21-11-13-22(14-12-21)30(37(32,33)23-9-7-6-8-10-23)18-26(31)29-28-17-20-15-24(34-3)27(36-5)25(16-20)35-4/h6-17,19H,18H2,1-5H3,(H,29,31)/b28-17-. The Labute approximate surface area is 217 Å². The van der Waals surface area contributed by atoms with Gasteiger partial charge >= 0.3 is 0 Å². The summed E-state index contributed by atoms with van der Waals surface area (Å²) < 4.78 is 43.9. The van der Waals surface area contributed by atoms with Crippen LogP contribution < -0.4 is 23.9 Å². The second kappa shape index (κ2) is 12.3. The molecule has 0 bridgehead atoms. The first kappa shape index (κ1) is 27.5. The first-order valence-electron chi connectivity index (χ1n) is 11.5. The van der Waals surface area contributed by atoms with E-state index < -0.39 is 22.5 Å². The van der Waals surface area contributed by atoms with Crippen LogP contribution in [0.15, 0.2) is 76.7 Å². The van der Waals surface area contributed by atoms with Crippen molar-refractivity contribution in [1.29, 1.82) is 0 Å². The number of hydrazone groups is 1. The minimum Gasteiger partial charge on any atom is -0.493 e. The molecule has 10 heteroatoms. The van der Waals surface area contributed by atoms with Crippen molar-refractivity contribution in [2.75, 3.05) is 32.2 Å². The second-order valence-corrected chi connectivity index (χ2v) is 10.2. The summed E-state index contributed by atoms with van der Waals surface area (Å²) >= 11 is 0. The van der Waals surface area contributed by atoms with Crippen molar-refractivity contribution in [3.63, 3.8) is 0 Å². The van der Waals surface area contributed by atoms with Gasteiger partial charge in [-0.2, -0.15) is 5.10 Å². The van der Waals surface area contributed by atoms with Crippen molar-refractivity contribution in [2.24, 2.45) is 5.10 Å². The van der Waals surface area contributed by atoms with Crippen molar-refractivity contribution in [2.45, 2.75) is 24.7 Å². The third-order valence-corrected chi connectivity index (χ3v) is 7.34. The van der Waals surface area contributed by atoms with Gasteiger partial charge in [-0.3, -0.25) is 9.10 Å². The molecule has 0 aliphatic carbocycles. The summed E-state index contributed by atoms with van der Waals surface area (Å²) in [6.45, 7) is 3.63. The van der Waals surface area contributed by atoms with Gasteiger partial charge in [0.15, 0.2) is 11.5 Å². The number of sulfonamides is 1. The van der Waals surface area contributed by atoms with E-state index in [1.54, 1.807) is 42.5 Å². The van der Waals surface area contributed by atoms with E-state index >= 15 is 0 Å². The van der Waals surface area contributed by atoms with Gasteiger partial charge in [0.05, 0.1) is 38.1 Å². The first-order valence-corrected chi connectivity index (χ1v) is 12.9. The molecule has 0 spiro atoms. The Bertz CT molecular complexity index is 1320. The zero-order valence-electron chi connectivity index (χ0n) is 21.5. The molecule has 0 heterocycles. The summed E-state index contributed by atoms with van der Waals surface area (Å²) in [5, 5.41) is 3.99. The van der Waals surface area contributed by atoms with E-state index in [4.69, 9.17) is 14.2 Å². The normalized spacial score (nSPS) is 11.4. The van der Waals surface area contributed by atoms with Crippen LogP contribution in [-0.4, -0.2) is 48.4 Å². The van der Waals surface area contributed by atoms with Crippen LogP contribution in [0.3, 0.4) is 0 Å². The van der Waals surface area contributed by atoms with E-state index in [0.717, 1.165) is 9.87 Å². The zero-order chi connectivity index (χ0) is 27.0. The molecule has 3 aromatic carbocycles. The number of nitrogens with zero attached hydrogens (tertiary/aromatic N) is 2. The molecule has 1 amide bonds. The number of hydrogen-bond donors (Lipinski definition) is 1. The lowest BCUT2D eigenvalue weighted by Crippen LogP contribution is -2.39. The maximum atomic E-state index is 13.5. The van der Waals surface area contributed by atoms with Gasteiger partial charge in [-0.1, -0.05) is 44.2 Å². The number of carbonyl (C=O) groups excluding carboxylic acids is 1. The molecular weight excluding hydrogens is 494 g/mol. The van der Waals surface area contributed by atoms with Gasteiger partial charge in [0.1, 0.15) is 6.54 Å². The maximum absolute atomic E-state index is 13.5. The molecule has 3 rings (SSSR count). The molecule has 37 heavy (non-hydrogen) atoms. The van der Waals surface area contributed by atoms with Crippen molar-refractivity contribution in [3.8, 4) is 17.2 Å². The molecule has 0 unspecified atom stereocenters. The third kappa shape index (κ3) is 6.59. The van der Waals surface area contributed by atoms with Crippen molar-refractivity contribution >= 4 is 27.8 Å². The summed E-state index contributed by atoms with van der Waals surface area (Å²) in [4.78, 5) is 12.9. The predicted molar refractivity (Wildman–Crippen MR) is 143 cm³/mol. The predicted octanol–water partition coefficient (Wildman–Crippen LogP) is 4.18. The van der Waals surface area contributed by atoms with E-state index in [0.29, 0.717) is 28.5 Å². The van der Waals surface area contributed by atoms with E-state index in [-0.39, 0.29) is 10.8 Å². The van der Waals surface area contributed by atoms with Crippen molar-refractivity contribution < 1.29 is 27.4 Å². The van der Waals surface area contributed by atoms with Gasteiger partial charge in [0.25, 0.3) is 15.9 Å². The highest BCUT2D eigenvalue weighted by Crippen LogP contribution is 2.37. The summed E-state index contributed by atoms with van der Waals surface area (Å²) in [5.41, 5.74) is 4.40. The number of rotatable bonds is 11. The Morgan fingerprint density at radius 1 is 0.946 bits per heavy atom. The number of anilines is 1. The van der Waals surface area contributed by atoms with Crippen LogP contribution in [0.2, 0.25) is 0 Å². The molecule has 0 radical (unpaired) electrons. The summed E-state index contributed by atoms with van der Waals surface area (Å²) in [5.74, 6) is 0.952. The molecular formula is C27H31N3O6S. The number of carbonyl (C=O) groups is 1. The molecule has 0 saturated carbocycles. The van der Waals surface area contributed by atoms with Gasteiger partial charge < -0.3 is 14.2 Å². The highest BCUT2D eigenvalue weighted by Gasteiger charge is 2.27. The molecule has 0 aliphatic rings. The van der Waals surface area contributed by atoms with Gasteiger partial charge in [-0.15, -0.1) is 0 Å². The molecule has 3 aromatic rings. The van der Waals surface area contributed by atoms with Crippen LogP contribution in [0.4, 0.5) is 5.69 Å². The molecule has 1 N–H and O–H groups in total. The average molecular weight is 526 g/mol. The molecule has 196 valence electrons. The number of hydrogen-bond acceptors (Lipinski definition) is 7. The highest BCUT2D eigenvalue weighted by molar-refractivity contribution is 7.92. The smallest absolute Gasteiger partial charge is 0.264 e. The lowest BCUT2D eigenvalue weighted by atomic mass is 10.0. The van der Waals surface area contributed by atoms with E-state index in [9.17, 15) is 13.2 Å². The quantitative estimate of drug-likeness (QED) is 0.297. The van der Waals surface area contributed by atoms with Gasteiger partial charge in [0, 0.05) is 5.56 Å². The van der Waals surface area contributed by atoms with Crippen molar-refractivity contribution in [3.05, 3.63) is 77.9 Å². The maximum Gasteiger partial charge on any atom is 0.264 e. The molecule has 0 aromatic heterocycles. The number of methoxy groups -OCH3 is 3. The molecule has 0 aliphatic heterocycles. The number of nitrogens with one attached hydrogen (secondary N) is 1. The molecule has 0 fully saturated rings. The van der Waals surface area contributed by atoms with E-state index in [1.807, 2.05) is 26.0 Å². The minimum atomic E-state index is -4.01. The first-order chi connectivity index (χ1) is 17.7. The number of amides is 1. The zero-order valence-corrected chi connectivity index (χ0v) is 22.3. The Balaban J connectivity index is 1.85. The molecule has 0 saturated heterocycles. The van der Waals surface area contributed by atoms with Crippen LogP contribution in [-0.2, 0) is 14.8 Å². The highest BCUT2D eigenvalue weighted by atomic mass is 32.2. The fraction of sp³-hybridized carbons (Fsp3) is 0.259. The van der Waals surface area contributed by atoms with Crippen LogP contribution in [0.25, 0.3) is 0 Å². The van der Waals surface area contributed by atoms with E-state index in [1.165, 1.54) is 39.7 Å². The van der Waals surface area contributed by atoms with E-state index in [2.05, 4.69) is 10.5 Å². The summed E-state index contributed by atoms with van der Waals surface area (Å²) in [6.07, 6.45) is 1.40. The van der Waals surface area contributed by atoms with Gasteiger partial charge in [-0.25, -0.2) is 13.8 Å². The fourth-order valence-electron chi connectivity index (χ4n) is 3.58. The monoisotopic (exact) mass is 525 g/mol. The van der Waals surface area contributed by atoms with Gasteiger partial charge in [0.2, 0.25) is 5.75 Å². The Morgan fingerprint density at radius 2 is 1.54 bits per heavy atom. The lowest BCUT2D eigenvalue weighted by molar-refractivity contribution is -0.119. The Morgan fingerprint density at radius 3 is 2.05 bits per heavy atom. The Kier molecular flexibility index (Phi) is 9.13. The minimum absolute atomic E-state index is 0.0802. The van der Waals surface area contributed by atoms with Gasteiger partial charge in [-0.05, 0) is 47.9 Å². The SMILES string of the molecule is COc1cc(/C=N\NC(=O)CN(c2ccc(C(C)C)cc2)S(=O)(=O)c2ccccc2)cc(OC)c1OC. The average Bonchev–Trinajstić information content (AvgIpc) is 2.91. The lowest BCUT2D eigenvalue weighted by Gasteiger charge is -2.24. The van der Waals surface area contributed by atoms with Crippen LogP contribution in [0, 0.1) is 0 Å². The summed E-state index contributed by atoms with van der Waals surface area (Å²) in [6, 6.07) is 18.4. The third-order valence-electron chi connectivity index (χ3n) is 5.56. The second-order valence-electron chi connectivity index (χ2n) is 8.32. The summed E-state index contributed by atoms with van der Waals surface area (Å²) in [7, 11) is 0.479. The fourth-order valence-corrected chi connectivity index (χ4v) is 5.02. The number of benzene rings is 3. The molecule has 0 atom stereocenters. The van der Waals surface area contributed by atoms with Crippen LogP contribution in [0.1, 0.15) is 30.9 Å². The van der Waals surface area contributed by atoms with Crippen molar-refractivity contribution in [1.82, 2.24) is 5.43 Å². The Hall–Kier alpha value is -4.05. The topological polar surface area (TPSA) is 107 Å². The molecule has 9 nitrogen and oxygen atoms in total.